The molecule has 0 aromatic heterocycles. The number of hydrogen-bond acceptors (Lipinski definition) is 5. The van der Waals surface area contributed by atoms with E-state index < -0.39 is 11.8 Å². The van der Waals surface area contributed by atoms with Crippen molar-refractivity contribution in [3.8, 4) is 0 Å². The molecule has 0 radical (unpaired) electrons. The van der Waals surface area contributed by atoms with Crippen LogP contribution in [0.4, 0.5) is 0 Å². The van der Waals surface area contributed by atoms with Crippen molar-refractivity contribution >= 4 is 0 Å². The zero-order valence-electron chi connectivity index (χ0n) is 11.1. The zero-order chi connectivity index (χ0) is 13.2. The molecular formula is C13H18N2O3. The van der Waals surface area contributed by atoms with Gasteiger partial charge in [0.05, 0.1) is 6.61 Å². The summed E-state index contributed by atoms with van der Waals surface area (Å²) in [5.74, 6) is 0. The Kier molecular flexibility index (Phi) is 3.47. The molecule has 5 heteroatoms. The molecule has 1 aliphatic rings. The predicted molar refractivity (Wildman–Crippen MR) is 65.7 cm³/mol. The summed E-state index contributed by atoms with van der Waals surface area (Å²) in [5, 5.41) is 7.90. The number of aryl methyl sites for hydroxylation is 1. The van der Waals surface area contributed by atoms with Crippen LogP contribution >= 0.6 is 0 Å². The fourth-order valence-corrected chi connectivity index (χ4v) is 1.60. The molecular weight excluding hydrogens is 232 g/mol. The molecule has 0 amide bonds. The van der Waals surface area contributed by atoms with Gasteiger partial charge in [-0.2, -0.15) is 5.11 Å². The fraction of sp³-hybridized carbons (Fsp3) is 0.538. The SMILES string of the molecule is COC1(OCc2ccc(C)cc2)N=NC(C)(C)O1. The largest absolute Gasteiger partial charge is 0.415 e. The molecule has 0 aliphatic carbocycles. The monoisotopic (exact) mass is 250 g/mol. The highest BCUT2D eigenvalue weighted by molar-refractivity contribution is 5.20. The summed E-state index contributed by atoms with van der Waals surface area (Å²) < 4.78 is 16.3. The van der Waals surface area contributed by atoms with Gasteiger partial charge in [-0.15, -0.1) is 0 Å². The van der Waals surface area contributed by atoms with Crippen molar-refractivity contribution in [1.82, 2.24) is 0 Å². The highest BCUT2D eigenvalue weighted by Crippen LogP contribution is 2.33. The molecule has 1 aliphatic heterocycles. The van der Waals surface area contributed by atoms with E-state index in [-0.39, 0.29) is 0 Å². The fourth-order valence-electron chi connectivity index (χ4n) is 1.60. The van der Waals surface area contributed by atoms with Crippen LogP contribution in [0, 0.1) is 6.92 Å². The molecule has 1 aromatic rings. The highest BCUT2D eigenvalue weighted by atomic mass is 16.9. The van der Waals surface area contributed by atoms with Crippen molar-refractivity contribution in [2.45, 2.75) is 39.2 Å². The van der Waals surface area contributed by atoms with Crippen LogP contribution in [0.5, 0.6) is 0 Å². The van der Waals surface area contributed by atoms with Crippen LogP contribution < -0.4 is 0 Å². The van der Waals surface area contributed by atoms with Crippen LogP contribution in [-0.4, -0.2) is 18.9 Å². The van der Waals surface area contributed by atoms with Crippen LogP contribution in [0.3, 0.4) is 0 Å². The van der Waals surface area contributed by atoms with Gasteiger partial charge in [0.1, 0.15) is 0 Å². The van der Waals surface area contributed by atoms with Gasteiger partial charge >= 0.3 is 6.10 Å². The van der Waals surface area contributed by atoms with E-state index in [1.54, 1.807) is 13.8 Å². The number of azo groups is 1. The summed E-state index contributed by atoms with van der Waals surface area (Å²) in [5.41, 5.74) is 1.52. The Balaban J connectivity index is 2.00. The van der Waals surface area contributed by atoms with Crippen molar-refractivity contribution in [3.05, 3.63) is 35.4 Å². The van der Waals surface area contributed by atoms with Gasteiger partial charge in [-0.25, -0.2) is 0 Å². The van der Waals surface area contributed by atoms with E-state index in [1.807, 2.05) is 31.2 Å². The molecule has 0 saturated carbocycles. The van der Waals surface area contributed by atoms with Gasteiger partial charge in [0, 0.05) is 7.11 Å². The maximum absolute atomic E-state index is 5.60. The third-order valence-corrected chi connectivity index (χ3v) is 2.59. The topological polar surface area (TPSA) is 52.4 Å². The lowest BCUT2D eigenvalue weighted by molar-refractivity contribution is -0.380. The van der Waals surface area contributed by atoms with E-state index >= 15 is 0 Å². The Hall–Kier alpha value is -1.30. The molecule has 2 rings (SSSR count). The summed E-state index contributed by atoms with van der Waals surface area (Å²) in [4.78, 5) is 0. The minimum atomic E-state index is -1.42. The van der Waals surface area contributed by atoms with Crippen molar-refractivity contribution in [3.63, 3.8) is 0 Å². The summed E-state index contributed by atoms with van der Waals surface area (Å²) >= 11 is 0. The van der Waals surface area contributed by atoms with E-state index in [2.05, 4.69) is 10.2 Å². The number of ether oxygens (including phenoxy) is 3. The van der Waals surface area contributed by atoms with Gasteiger partial charge in [-0.05, 0) is 26.3 Å². The lowest BCUT2D eigenvalue weighted by Crippen LogP contribution is -2.37. The highest BCUT2D eigenvalue weighted by Gasteiger charge is 2.45. The van der Waals surface area contributed by atoms with Crippen molar-refractivity contribution < 1.29 is 14.2 Å². The molecule has 0 spiro atoms. The van der Waals surface area contributed by atoms with Gasteiger partial charge in [0.25, 0.3) is 0 Å². The Morgan fingerprint density at radius 1 is 1.17 bits per heavy atom. The first-order valence-electron chi connectivity index (χ1n) is 5.84. The van der Waals surface area contributed by atoms with Crippen LogP contribution in [0.25, 0.3) is 0 Å². The van der Waals surface area contributed by atoms with Gasteiger partial charge in [-0.1, -0.05) is 34.9 Å². The molecule has 0 bridgehead atoms. The summed E-state index contributed by atoms with van der Waals surface area (Å²) in [6.45, 7) is 5.99. The van der Waals surface area contributed by atoms with E-state index in [0.717, 1.165) is 5.56 Å². The number of benzene rings is 1. The quantitative estimate of drug-likeness (QED) is 0.772. The molecule has 0 N–H and O–H groups in total. The average Bonchev–Trinajstić information content (AvgIpc) is 2.65. The summed E-state index contributed by atoms with van der Waals surface area (Å²) in [6, 6.07) is 8.05. The summed E-state index contributed by atoms with van der Waals surface area (Å²) in [6.07, 6.45) is -1.42. The molecule has 5 nitrogen and oxygen atoms in total. The first-order valence-corrected chi connectivity index (χ1v) is 5.84. The molecule has 0 fully saturated rings. The second-order valence-electron chi connectivity index (χ2n) is 4.75. The zero-order valence-corrected chi connectivity index (χ0v) is 11.1. The van der Waals surface area contributed by atoms with Crippen molar-refractivity contribution in [1.29, 1.82) is 0 Å². The second kappa shape index (κ2) is 4.76. The molecule has 1 atom stereocenters. The molecule has 0 saturated heterocycles. The van der Waals surface area contributed by atoms with Crippen LogP contribution in [0.2, 0.25) is 0 Å². The van der Waals surface area contributed by atoms with E-state index in [0.29, 0.717) is 6.61 Å². The van der Waals surface area contributed by atoms with E-state index in [9.17, 15) is 0 Å². The van der Waals surface area contributed by atoms with Gasteiger partial charge in [0.2, 0.25) is 0 Å². The maximum Gasteiger partial charge on any atom is 0.415 e. The van der Waals surface area contributed by atoms with E-state index in [1.165, 1.54) is 12.7 Å². The average molecular weight is 250 g/mol. The van der Waals surface area contributed by atoms with Crippen molar-refractivity contribution in [2.75, 3.05) is 7.11 Å². The molecule has 18 heavy (non-hydrogen) atoms. The minimum Gasteiger partial charge on any atom is -0.310 e. The molecule has 1 aromatic carbocycles. The minimum absolute atomic E-state index is 0.350. The Morgan fingerprint density at radius 3 is 2.33 bits per heavy atom. The van der Waals surface area contributed by atoms with E-state index in [4.69, 9.17) is 14.2 Å². The van der Waals surface area contributed by atoms with Gasteiger partial charge in [0.15, 0.2) is 5.72 Å². The second-order valence-corrected chi connectivity index (χ2v) is 4.75. The van der Waals surface area contributed by atoms with Crippen LogP contribution in [0.1, 0.15) is 25.0 Å². The number of rotatable bonds is 4. The van der Waals surface area contributed by atoms with Crippen molar-refractivity contribution in [2.24, 2.45) is 10.2 Å². The Labute approximate surface area is 107 Å². The number of nitrogens with zero attached hydrogens (tertiary/aromatic N) is 2. The normalized spacial score (nSPS) is 25.6. The number of hydrogen-bond donors (Lipinski definition) is 0. The predicted octanol–water partition coefficient (Wildman–Crippen LogP) is 2.99. The molecule has 98 valence electrons. The van der Waals surface area contributed by atoms with Gasteiger partial charge in [-0.3, -0.25) is 4.74 Å². The van der Waals surface area contributed by atoms with Crippen LogP contribution in [0.15, 0.2) is 34.5 Å². The van der Waals surface area contributed by atoms with Gasteiger partial charge < -0.3 is 9.47 Å². The van der Waals surface area contributed by atoms with Crippen LogP contribution in [-0.2, 0) is 20.8 Å². The smallest absolute Gasteiger partial charge is 0.310 e. The molecule has 1 heterocycles. The number of methoxy groups -OCH3 is 1. The lowest BCUT2D eigenvalue weighted by atomic mass is 10.2. The summed E-state index contributed by atoms with van der Waals surface area (Å²) in [7, 11) is 1.48. The molecule has 1 unspecified atom stereocenters. The standard InChI is InChI=1S/C13H18N2O3/c1-10-5-7-11(8-6-10)9-17-13(16-4)15-14-12(2,3)18-13/h5-8H,9H2,1-4H3. The third-order valence-electron chi connectivity index (χ3n) is 2.59. The first-order chi connectivity index (χ1) is 8.45. The lowest BCUT2D eigenvalue weighted by Gasteiger charge is -2.25. The Bertz CT molecular complexity index is 442. The first kappa shape index (κ1) is 13.1. The Morgan fingerprint density at radius 2 is 1.83 bits per heavy atom. The maximum atomic E-state index is 5.60. The third kappa shape index (κ3) is 2.93.